The van der Waals surface area contributed by atoms with E-state index in [1.54, 1.807) is 12.1 Å². The summed E-state index contributed by atoms with van der Waals surface area (Å²) in [6, 6.07) is 25.3. The molecule has 0 unspecified atom stereocenters. The Labute approximate surface area is 157 Å². The number of carbonyl (C=O) groups excluding carboxylic acids is 2. The van der Waals surface area contributed by atoms with Crippen molar-refractivity contribution < 1.29 is 9.59 Å². The van der Waals surface area contributed by atoms with Crippen molar-refractivity contribution in [2.45, 2.75) is 6.17 Å². The van der Waals surface area contributed by atoms with E-state index in [2.05, 4.69) is 5.32 Å². The molecule has 27 heavy (non-hydrogen) atoms. The number of rotatable bonds is 4. The van der Waals surface area contributed by atoms with Crippen molar-refractivity contribution in [3.8, 4) is 11.1 Å². The Morgan fingerprint density at radius 2 is 1.52 bits per heavy atom. The lowest BCUT2D eigenvalue weighted by Gasteiger charge is -2.38. The summed E-state index contributed by atoms with van der Waals surface area (Å²) in [5.41, 5.74) is 9.80. The first-order valence-corrected chi connectivity index (χ1v) is 8.74. The summed E-state index contributed by atoms with van der Waals surface area (Å²) in [5, 5.41) is 2.98. The number of benzene rings is 3. The van der Waals surface area contributed by atoms with Crippen LogP contribution in [0.25, 0.3) is 11.1 Å². The molecule has 0 saturated heterocycles. The topological polar surface area (TPSA) is 75.4 Å². The quantitative estimate of drug-likeness (QED) is 0.753. The van der Waals surface area contributed by atoms with E-state index in [4.69, 9.17) is 5.73 Å². The number of primary amides is 1. The Balaban J connectivity index is 1.71. The molecule has 3 aromatic rings. The minimum atomic E-state index is -0.454. The highest BCUT2D eigenvalue weighted by Gasteiger charge is 2.32. The molecule has 1 atom stereocenters. The third-order valence-electron chi connectivity index (χ3n) is 4.70. The van der Waals surface area contributed by atoms with Gasteiger partial charge >= 0.3 is 0 Å². The smallest absolute Gasteiger partial charge is 0.255 e. The fraction of sp³-hybridized carbons (Fsp3) is 0.0909. The zero-order chi connectivity index (χ0) is 18.8. The lowest BCUT2D eigenvalue weighted by Crippen LogP contribution is -2.49. The lowest BCUT2D eigenvalue weighted by atomic mass is 10.00. The molecular weight excluding hydrogens is 338 g/mol. The second-order valence-corrected chi connectivity index (χ2v) is 6.48. The fourth-order valence-corrected chi connectivity index (χ4v) is 3.43. The number of amides is 2. The van der Waals surface area contributed by atoms with Gasteiger partial charge < -0.3 is 16.0 Å². The number of hydrogen-bond acceptors (Lipinski definition) is 3. The molecule has 1 heterocycles. The van der Waals surface area contributed by atoms with Gasteiger partial charge in [0, 0.05) is 0 Å². The molecular formula is C22H19N3O2. The molecule has 5 heteroatoms. The van der Waals surface area contributed by atoms with Crippen molar-refractivity contribution in [3.63, 3.8) is 0 Å². The van der Waals surface area contributed by atoms with Crippen LogP contribution in [0, 0.1) is 0 Å². The van der Waals surface area contributed by atoms with E-state index in [9.17, 15) is 9.59 Å². The Bertz CT molecular complexity index is 984. The number of nitrogens with two attached hydrogens (primary N) is 1. The van der Waals surface area contributed by atoms with Gasteiger partial charge in [-0.2, -0.15) is 0 Å². The van der Waals surface area contributed by atoms with Crippen molar-refractivity contribution in [2.75, 3.05) is 11.4 Å². The van der Waals surface area contributed by atoms with Crippen LogP contribution in [0.3, 0.4) is 0 Å². The molecule has 1 aliphatic rings. The average molecular weight is 357 g/mol. The summed E-state index contributed by atoms with van der Waals surface area (Å²) in [6.07, 6.45) is -0.454. The Kier molecular flexibility index (Phi) is 4.34. The summed E-state index contributed by atoms with van der Waals surface area (Å²) in [6.45, 7) is 0.0163. The monoisotopic (exact) mass is 357 g/mol. The maximum atomic E-state index is 12.5. The molecule has 4 rings (SSSR count). The van der Waals surface area contributed by atoms with Crippen molar-refractivity contribution in [3.05, 3.63) is 90.0 Å². The molecule has 2 amide bonds. The number of nitrogens with zero attached hydrogens (tertiary/aromatic N) is 1. The molecule has 3 aromatic carbocycles. The zero-order valence-electron chi connectivity index (χ0n) is 14.6. The second-order valence-electron chi connectivity index (χ2n) is 6.48. The van der Waals surface area contributed by atoms with Crippen molar-refractivity contribution in [2.24, 2.45) is 5.73 Å². The van der Waals surface area contributed by atoms with Crippen LogP contribution in [0.5, 0.6) is 0 Å². The van der Waals surface area contributed by atoms with E-state index in [0.29, 0.717) is 11.3 Å². The summed E-state index contributed by atoms with van der Waals surface area (Å²) in [4.78, 5) is 26.0. The maximum Gasteiger partial charge on any atom is 0.255 e. The van der Waals surface area contributed by atoms with Crippen LogP contribution in [-0.2, 0) is 4.79 Å². The molecule has 3 N–H and O–H groups in total. The second kappa shape index (κ2) is 6.96. The van der Waals surface area contributed by atoms with Gasteiger partial charge in [-0.1, -0.05) is 66.7 Å². The Hall–Kier alpha value is -3.60. The van der Waals surface area contributed by atoms with Crippen LogP contribution in [0.15, 0.2) is 78.9 Å². The number of para-hydroxylation sites is 1. The molecule has 0 aromatic heterocycles. The predicted molar refractivity (Wildman–Crippen MR) is 105 cm³/mol. The van der Waals surface area contributed by atoms with Gasteiger partial charge in [-0.25, -0.2) is 0 Å². The van der Waals surface area contributed by atoms with Gasteiger partial charge in [-0.3, -0.25) is 9.59 Å². The number of carbonyl (C=O) groups is 2. The average Bonchev–Trinajstić information content (AvgIpc) is 2.71. The molecule has 134 valence electrons. The largest absolute Gasteiger partial charge is 0.368 e. The van der Waals surface area contributed by atoms with Crippen LogP contribution in [0.2, 0.25) is 0 Å². The van der Waals surface area contributed by atoms with Gasteiger partial charge in [0.15, 0.2) is 0 Å². The number of hydrogen-bond donors (Lipinski definition) is 2. The lowest BCUT2D eigenvalue weighted by molar-refractivity contribution is -0.116. The maximum absolute atomic E-state index is 12.5. The van der Waals surface area contributed by atoms with Gasteiger partial charge in [-0.05, 0) is 28.8 Å². The van der Waals surface area contributed by atoms with Gasteiger partial charge in [0.2, 0.25) is 5.91 Å². The highest BCUT2D eigenvalue weighted by Crippen LogP contribution is 2.33. The van der Waals surface area contributed by atoms with Gasteiger partial charge in [-0.15, -0.1) is 0 Å². The first-order chi connectivity index (χ1) is 13.1. The number of anilines is 1. The minimum Gasteiger partial charge on any atom is -0.368 e. The molecule has 0 fully saturated rings. The van der Waals surface area contributed by atoms with Crippen LogP contribution in [0.1, 0.15) is 22.1 Å². The van der Waals surface area contributed by atoms with E-state index in [0.717, 1.165) is 16.7 Å². The van der Waals surface area contributed by atoms with E-state index >= 15 is 0 Å². The number of nitrogens with one attached hydrogen (secondary N) is 1. The van der Waals surface area contributed by atoms with E-state index in [1.165, 1.54) is 0 Å². The van der Waals surface area contributed by atoms with E-state index in [1.807, 2.05) is 71.6 Å². The van der Waals surface area contributed by atoms with Gasteiger partial charge in [0.1, 0.15) is 6.17 Å². The van der Waals surface area contributed by atoms with Crippen molar-refractivity contribution in [1.82, 2.24) is 5.32 Å². The van der Waals surface area contributed by atoms with Crippen LogP contribution < -0.4 is 16.0 Å². The summed E-state index contributed by atoms with van der Waals surface area (Å²) < 4.78 is 0. The standard InChI is InChI=1S/C22H19N3O2/c23-20(26)14-25-19-9-5-4-8-18(19)22(27)24-21(25)17-12-10-16(11-13-17)15-6-2-1-3-7-15/h1-13,21H,14H2,(H2,23,26)(H,24,27)/t21-/m0/s1. The molecule has 0 bridgehead atoms. The van der Waals surface area contributed by atoms with E-state index < -0.39 is 12.1 Å². The van der Waals surface area contributed by atoms with Crippen LogP contribution >= 0.6 is 0 Å². The SMILES string of the molecule is NC(=O)CN1c2ccccc2C(=O)N[C@@H]1c1ccc(-c2ccccc2)cc1. The molecule has 0 radical (unpaired) electrons. The highest BCUT2D eigenvalue weighted by molar-refractivity contribution is 6.02. The minimum absolute atomic E-state index is 0.0163. The molecule has 0 saturated carbocycles. The zero-order valence-corrected chi connectivity index (χ0v) is 14.6. The van der Waals surface area contributed by atoms with Gasteiger partial charge in [0.05, 0.1) is 17.8 Å². The Morgan fingerprint density at radius 3 is 2.22 bits per heavy atom. The fourth-order valence-electron chi connectivity index (χ4n) is 3.43. The van der Waals surface area contributed by atoms with Crippen LogP contribution in [-0.4, -0.2) is 18.4 Å². The first-order valence-electron chi connectivity index (χ1n) is 8.74. The summed E-state index contributed by atoms with van der Waals surface area (Å²) in [7, 11) is 0. The number of fused-ring (bicyclic) bond motifs is 1. The first kappa shape index (κ1) is 16.8. The molecule has 1 aliphatic heterocycles. The summed E-state index contributed by atoms with van der Waals surface area (Å²) in [5.74, 6) is -0.615. The Morgan fingerprint density at radius 1 is 0.889 bits per heavy atom. The van der Waals surface area contributed by atoms with Crippen LogP contribution in [0.4, 0.5) is 5.69 Å². The molecule has 0 spiro atoms. The third kappa shape index (κ3) is 3.27. The third-order valence-corrected chi connectivity index (χ3v) is 4.70. The van der Waals surface area contributed by atoms with Gasteiger partial charge in [0.25, 0.3) is 5.91 Å². The normalized spacial score (nSPS) is 15.8. The molecule has 5 nitrogen and oxygen atoms in total. The van der Waals surface area contributed by atoms with Crippen molar-refractivity contribution in [1.29, 1.82) is 0 Å². The molecule has 0 aliphatic carbocycles. The highest BCUT2D eigenvalue weighted by atomic mass is 16.2. The summed E-state index contributed by atoms with van der Waals surface area (Å²) >= 11 is 0. The predicted octanol–water partition coefficient (Wildman–Crippen LogP) is 3.09. The van der Waals surface area contributed by atoms with E-state index in [-0.39, 0.29) is 12.5 Å². The van der Waals surface area contributed by atoms with Crippen molar-refractivity contribution >= 4 is 17.5 Å².